The van der Waals surface area contributed by atoms with Crippen molar-refractivity contribution in [2.75, 3.05) is 20.8 Å². The fraction of sp³-hybridized carbons (Fsp3) is 0.393. The second kappa shape index (κ2) is 12.2. The Balaban J connectivity index is 1.40. The summed E-state index contributed by atoms with van der Waals surface area (Å²) in [5, 5.41) is 4.14. The van der Waals surface area contributed by atoms with Gasteiger partial charge in [-0.1, -0.05) is 53.7 Å². The highest BCUT2D eigenvalue weighted by atomic mass is 16.8. The minimum Gasteiger partial charge on any atom is -0.376 e. The van der Waals surface area contributed by atoms with Gasteiger partial charge in [0.25, 0.3) is 6.29 Å². The number of rotatable bonds is 9. The summed E-state index contributed by atoms with van der Waals surface area (Å²) in [5.74, 6) is 0.661. The molecule has 5 atom stereocenters. The van der Waals surface area contributed by atoms with E-state index in [1.54, 1.807) is 20.4 Å². The van der Waals surface area contributed by atoms with Crippen LogP contribution in [-0.2, 0) is 23.8 Å². The lowest BCUT2D eigenvalue weighted by atomic mass is 9.99. The summed E-state index contributed by atoms with van der Waals surface area (Å²) >= 11 is 0. The van der Waals surface area contributed by atoms with E-state index in [1.807, 2.05) is 62.6 Å². The summed E-state index contributed by atoms with van der Waals surface area (Å²) in [6, 6.07) is 16.0. The molecular weight excluding hydrogens is 458 g/mol. The molecule has 4 rings (SSSR count). The topological polar surface area (TPSA) is 84.3 Å². The third-order valence-electron chi connectivity index (χ3n) is 6.27. The molecule has 0 aliphatic carbocycles. The summed E-state index contributed by atoms with van der Waals surface area (Å²) in [7, 11) is 3.23. The molecule has 2 aromatic carbocycles. The van der Waals surface area contributed by atoms with Crippen LogP contribution < -0.4 is 0 Å². The van der Waals surface area contributed by atoms with Crippen molar-refractivity contribution < 1.29 is 23.8 Å². The quantitative estimate of drug-likeness (QED) is 0.318. The van der Waals surface area contributed by atoms with E-state index >= 15 is 0 Å². The van der Waals surface area contributed by atoms with Crippen LogP contribution in [-0.4, -0.2) is 67.7 Å². The maximum absolute atomic E-state index is 5.95. The number of aryl methyl sites for hydroxylation is 1. The van der Waals surface area contributed by atoms with Crippen molar-refractivity contribution in [3.8, 4) is 22.5 Å². The van der Waals surface area contributed by atoms with Crippen LogP contribution in [0.4, 0.5) is 0 Å². The first kappa shape index (κ1) is 25.9. The van der Waals surface area contributed by atoms with Crippen LogP contribution in [0.2, 0.25) is 0 Å². The molecule has 1 fully saturated rings. The normalized spacial score (nSPS) is 24.2. The molecule has 3 aromatic rings. The summed E-state index contributed by atoms with van der Waals surface area (Å²) in [4.78, 5) is 14.8. The van der Waals surface area contributed by atoms with Crippen molar-refractivity contribution in [1.29, 1.82) is 0 Å². The first-order valence-corrected chi connectivity index (χ1v) is 12.1. The lowest BCUT2D eigenvalue weighted by molar-refractivity contribution is -0.308. The Labute approximate surface area is 212 Å². The van der Waals surface area contributed by atoms with E-state index in [4.69, 9.17) is 23.8 Å². The third kappa shape index (κ3) is 5.79. The van der Waals surface area contributed by atoms with Gasteiger partial charge < -0.3 is 23.8 Å². The van der Waals surface area contributed by atoms with Crippen molar-refractivity contribution in [3.05, 3.63) is 72.1 Å². The van der Waals surface area contributed by atoms with Crippen molar-refractivity contribution in [2.24, 2.45) is 5.16 Å². The van der Waals surface area contributed by atoms with Crippen molar-refractivity contribution in [2.45, 2.75) is 51.5 Å². The van der Waals surface area contributed by atoms with Gasteiger partial charge in [-0.3, -0.25) is 0 Å². The lowest BCUT2D eigenvalue weighted by Gasteiger charge is -2.42. The molecule has 0 unspecified atom stereocenters. The lowest BCUT2D eigenvalue weighted by Crippen LogP contribution is -2.59. The van der Waals surface area contributed by atoms with E-state index in [2.05, 4.69) is 34.2 Å². The van der Waals surface area contributed by atoms with E-state index in [9.17, 15) is 0 Å². The van der Waals surface area contributed by atoms with Gasteiger partial charge in [0, 0.05) is 44.3 Å². The van der Waals surface area contributed by atoms with Gasteiger partial charge >= 0.3 is 0 Å². The number of aromatic nitrogens is 2. The van der Waals surface area contributed by atoms with Gasteiger partial charge in [0.15, 0.2) is 11.9 Å². The number of oxime groups is 1. The molecule has 8 heteroatoms. The molecule has 36 heavy (non-hydrogen) atoms. The average molecular weight is 492 g/mol. The molecule has 2 heterocycles. The highest BCUT2D eigenvalue weighted by molar-refractivity contribution is 5.80. The van der Waals surface area contributed by atoms with Crippen LogP contribution >= 0.6 is 0 Å². The number of nitrogens with zero attached hydrogens (tertiary/aromatic N) is 3. The van der Waals surface area contributed by atoms with Gasteiger partial charge in [0.05, 0.1) is 12.3 Å². The molecule has 0 radical (unpaired) electrons. The largest absolute Gasteiger partial charge is 0.376 e. The second-order valence-corrected chi connectivity index (χ2v) is 8.60. The Bertz CT molecular complexity index is 1140. The van der Waals surface area contributed by atoms with Crippen molar-refractivity contribution in [3.63, 3.8) is 0 Å². The van der Waals surface area contributed by atoms with Gasteiger partial charge in [0.1, 0.15) is 12.2 Å². The van der Waals surface area contributed by atoms with Crippen LogP contribution in [0.5, 0.6) is 0 Å². The zero-order valence-electron chi connectivity index (χ0n) is 21.3. The number of benzene rings is 2. The van der Waals surface area contributed by atoms with Crippen LogP contribution in [0.15, 0.2) is 66.1 Å². The van der Waals surface area contributed by atoms with E-state index in [1.165, 1.54) is 5.56 Å². The summed E-state index contributed by atoms with van der Waals surface area (Å²) < 4.78 is 23.0. The number of ether oxygens (including phenoxy) is 4. The van der Waals surface area contributed by atoms with Crippen LogP contribution in [0.1, 0.15) is 25.0 Å². The maximum atomic E-state index is 5.95. The highest BCUT2D eigenvalue weighted by Gasteiger charge is 2.47. The monoisotopic (exact) mass is 491 g/mol. The Kier molecular flexibility index (Phi) is 8.77. The highest BCUT2D eigenvalue weighted by Crippen LogP contribution is 2.28. The minimum absolute atomic E-state index is 0.241. The van der Waals surface area contributed by atoms with Gasteiger partial charge in [-0.2, -0.15) is 0 Å². The first-order chi connectivity index (χ1) is 17.5. The predicted molar refractivity (Wildman–Crippen MR) is 138 cm³/mol. The van der Waals surface area contributed by atoms with Crippen LogP contribution in [0.25, 0.3) is 22.5 Å². The second-order valence-electron chi connectivity index (χ2n) is 8.60. The van der Waals surface area contributed by atoms with E-state index in [0.717, 1.165) is 22.3 Å². The molecule has 190 valence electrons. The van der Waals surface area contributed by atoms with E-state index in [-0.39, 0.29) is 18.3 Å². The molecule has 1 saturated heterocycles. The molecule has 1 aromatic heterocycles. The van der Waals surface area contributed by atoms with E-state index in [0.29, 0.717) is 12.4 Å². The number of hydrogen-bond donors (Lipinski definition) is 0. The Hall–Kier alpha value is -3.17. The zero-order chi connectivity index (χ0) is 25.5. The molecule has 0 N–H and O–H groups in total. The fourth-order valence-electron chi connectivity index (χ4n) is 4.40. The Morgan fingerprint density at radius 2 is 1.61 bits per heavy atom. The predicted octanol–water partition coefficient (Wildman–Crippen LogP) is 4.65. The molecule has 0 spiro atoms. The Morgan fingerprint density at radius 1 is 0.917 bits per heavy atom. The molecule has 0 amide bonds. The van der Waals surface area contributed by atoms with E-state index < -0.39 is 12.4 Å². The molecule has 0 bridgehead atoms. The summed E-state index contributed by atoms with van der Waals surface area (Å²) in [6.45, 7) is 6.45. The molecular formula is C28H33N3O5. The fourth-order valence-corrected chi connectivity index (χ4v) is 4.40. The molecule has 1 aliphatic heterocycles. The molecule has 8 nitrogen and oxygen atoms in total. The average Bonchev–Trinajstić information content (AvgIpc) is 2.90. The standard InChI is InChI=1S/C28H33N3O5/c1-6-34-25-24(32-4)19(3)35-28(26(25)33-5)36-31-15-20-11-13-21(14-12-20)27-29-16-22(17-30-27)23-10-8-7-9-18(23)2/h7-17,19,24-26,28H,6H2,1-5H3/b31-15+/t19-,24-,25+,26+,28-/m0/s1. The van der Waals surface area contributed by atoms with Gasteiger partial charge in [-0.05, 0) is 37.5 Å². The third-order valence-corrected chi connectivity index (χ3v) is 6.27. The van der Waals surface area contributed by atoms with Crippen molar-refractivity contribution >= 4 is 6.21 Å². The van der Waals surface area contributed by atoms with Gasteiger partial charge in [-0.15, -0.1) is 0 Å². The Morgan fingerprint density at radius 3 is 2.25 bits per heavy atom. The zero-order valence-corrected chi connectivity index (χ0v) is 21.3. The van der Waals surface area contributed by atoms with Crippen LogP contribution in [0.3, 0.4) is 0 Å². The van der Waals surface area contributed by atoms with Crippen LogP contribution in [0, 0.1) is 6.92 Å². The SMILES string of the molecule is CCO[C@@H]1[C@@H](OC)[C@H](C)O[C@@H](O/N=C/c2ccc(-c3ncc(-c4ccccc4C)cn3)cc2)[C@@H]1OC. The maximum Gasteiger partial charge on any atom is 0.256 e. The molecule has 1 aliphatic rings. The first-order valence-electron chi connectivity index (χ1n) is 12.1. The van der Waals surface area contributed by atoms with Crippen molar-refractivity contribution in [1.82, 2.24) is 9.97 Å². The van der Waals surface area contributed by atoms with Gasteiger partial charge in [0.2, 0.25) is 0 Å². The summed E-state index contributed by atoms with van der Waals surface area (Å²) in [5.41, 5.74) is 5.10. The van der Waals surface area contributed by atoms with Gasteiger partial charge in [-0.25, -0.2) is 9.97 Å². The smallest absolute Gasteiger partial charge is 0.256 e. The number of methoxy groups -OCH3 is 2. The minimum atomic E-state index is -0.719. The number of hydrogen-bond acceptors (Lipinski definition) is 8. The summed E-state index contributed by atoms with van der Waals surface area (Å²) in [6.07, 6.45) is 3.31. The molecule has 0 saturated carbocycles.